The van der Waals surface area contributed by atoms with E-state index < -0.39 is 0 Å². The second-order valence-corrected chi connectivity index (χ2v) is 6.94. The van der Waals surface area contributed by atoms with Gasteiger partial charge in [-0.3, -0.25) is 4.79 Å². The van der Waals surface area contributed by atoms with Gasteiger partial charge in [0.15, 0.2) is 0 Å². The van der Waals surface area contributed by atoms with Crippen molar-refractivity contribution in [3.63, 3.8) is 0 Å². The molecular weight excluding hydrogens is 362 g/mol. The van der Waals surface area contributed by atoms with Gasteiger partial charge in [0.05, 0.1) is 12.5 Å². The van der Waals surface area contributed by atoms with E-state index in [2.05, 4.69) is 33.4 Å². The molecule has 0 aliphatic heterocycles. The van der Waals surface area contributed by atoms with Crippen molar-refractivity contribution in [2.24, 2.45) is 0 Å². The summed E-state index contributed by atoms with van der Waals surface area (Å²) in [7, 11) is 1.60. The number of ether oxygens (including phenoxy) is 1. The quantitative estimate of drug-likeness (QED) is 0.770. The highest BCUT2D eigenvalue weighted by atomic mass is 79.9. The van der Waals surface area contributed by atoms with E-state index in [9.17, 15) is 4.79 Å². The molecule has 0 aliphatic rings. The third-order valence-corrected chi connectivity index (χ3v) is 4.61. The van der Waals surface area contributed by atoms with E-state index in [0.717, 1.165) is 15.1 Å². The monoisotopic (exact) mass is 379 g/mol. The molecule has 0 saturated heterocycles. The zero-order valence-electron chi connectivity index (χ0n) is 12.5. The number of carbonyl (C=O) groups excluding carboxylic acids is 1. The van der Waals surface area contributed by atoms with Crippen LogP contribution in [0.5, 0.6) is 0 Å². The Bertz CT molecular complexity index is 614. The molecule has 3 nitrogen and oxygen atoms in total. The molecular formula is C17H18BrNO2S. The van der Waals surface area contributed by atoms with Crippen molar-refractivity contribution in [3.8, 4) is 0 Å². The number of carbonyl (C=O) groups is 1. The first-order valence-electron chi connectivity index (χ1n) is 6.93. The van der Waals surface area contributed by atoms with Crippen LogP contribution in [0.1, 0.15) is 13.3 Å². The first kappa shape index (κ1) is 17.1. The molecule has 0 saturated carbocycles. The van der Waals surface area contributed by atoms with Gasteiger partial charge in [-0.15, -0.1) is 0 Å². The number of hydrogen-bond donors (Lipinski definition) is 1. The molecule has 2 rings (SSSR count). The third kappa shape index (κ3) is 5.48. The molecule has 1 atom stereocenters. The summed E-state index contributed by atoms with van der Waals surface area (Å²) in [6, 6.07) is 16.0. The van der Waals surface area contributed by atoms with Crippen LogP contribution in [0.3, 0.4) is 0 Å². The van der Waals surface area contributed by atoms with Crippen LogP contribution in [0.4, 0.5) is 5.69 Å². The minimum absolute atomic E-state index is 0.0392. The van der Waals surface area contributed by atoms with Crippen LogP contribution >= 0.6 is 27.7 Å². The van der Waals surface area contributed by atoms with E-state index in [4.69, 9.17) is 4.74 Å². The van der Waals surface area contributed by atoms with Crippen LogP contribution in [-0.2, 0) is 9.53 Å². The number of halogens is 1. The molecule has 116 valence electrons. The van der Waals surface area contributed by atoms with Gasteiger partial charge in [0.25, 0.3) is 0 Å². The predicted molar refractivity (Wildman–Crippen MR) is 94.4 cm³/mol. The maximum absolute atomic E-state index is 11.8. The van der Waals surface area contributed by atoms with Gasteiger partial charge in [-0.1, -0.05) is 27.7 Å². The summed E-state index contributed by atoms with van der Waals surface area (Å²) in [6.45, 7) is 1.87. The summed E-state index contributed by atoms with van der Waals surface area (Å²) < 4.78 is 6.15. The molecule has 2 aromatic carbocycles. The summed E-state index contributed by atoms with van der Waals surface area (Å²) in [5.74, 6) is -0.0392. The summed E-state index contributed by atoms with van der Waals surface area (Å²) in [6.07, 6.45) is 0.276. The van der Waals surface area contributed by atoms with Crippen LogP contribution in [-0.4, -0.2) is 19.1 Å². The molecule has 1 amide bonds. The van der Waals surface area contributed by atoms with Crippen LogP contribution in [0.2, 0.25) is 0 Å². The molecule has 5 heteroatoms. The molecule has 0 bridgehead atoms. The normalized spacial score (nSPS) is 12.0. The summed E-state index contributed by atoms with van der Waals surface area (Å²) >= 11 is 5.11. The fraction of sp³-hybridized carbons (Fsp3) is 0.235. The fourth-order valence-corrected chi connectivity index (χ4v) is 2.88. The van der Waals surface area contributed by atoms with Gasteiger partial charge in [-0.25, -0.2) is 0 Å². The van der Waals surface area contributed by atoms with Crippen LogP contribution in [0, 0.1) is 0 Å². The first-order chi connectivity index (χ1) is 10.6. The largest absolute Gasteiger partial charge is 0.381 e. The molecule has 22 heavy (non-hydrogen) atoms. The second kappa shape index (κ2) is 8.36. The van der Waals surface area contributed by atoms with E-state index in [-0.39, 0.29) is 12.0 Å². The lowest BCUT2D eigenvalue weighted by Gasteiger charge is -2.10. The Balaban J connectivity index is 1.92. The van der Waals surface area contributed by atoms with Gasteiger partial charge in [-0.05, 0) is 55.5 Å². The van der Waals surface area contributed by atoms with E-state index in [1.807, 2.05) is 43.3 Å². The van der Waals surface area contributed by atoms with Crippen molar-refractivity contribution < 1.29 is 9.53 Å². The summed E-state index contributed by atoms with van der Waals surface area (Å²) in [5, 5.41) is 2.87. The van der Waals surface area contributed by atoms with Crippen molar-refractivity contribution in [3.05, 3.63) is 53.0 Å². The van der Waals surface area contributed by atoms with Crippen LogP contribution < -0.4 is 5.32 Å². The maximum atomic E-state index is 11.8. The Morgan fingerprint density at radius 1 is 1.14 bits per heavy atom. The topological polar surface area (TPSA) is 38.3 Å². The highest BCUT2D eigenvalue weighted by Crippen LogP contribution is 2.29. The molecule has 1 unspecified atom stereocenters. The van der Waals surface area contributed by atoms with E-state index in [1.54, 1.807) is 18.9 Å². The lowest BCUT2D eigenvalue weighted by atomic mass is 10.2. The Labute approximate surface area is 143 Å². The average Bonchev–Trinajstić information content (AvgIpc) is 2.51. The molecule has 0 heterocycles. The highest BCUT2D eigenvalue weighted by Gasteiger charge is 2.08. The average molecular weight is 380 g/mol. The third-order valence-electron chi connectivity index (χ3n) is 3.06. The minimum Gasteiger partial charge on any atom is -0.381 e. The molecule has 0 spiro atoms. The van der Waals surface area contributed by atoms with Crippen LogP contribution in [0.15, 0.2) is 62.8 Å². The van der Waals surface area contributed by atoms with Crippen molar-refractivity contribution in [1.82, 2.24) is 0 Å². The predicted octanol–water partition coefficient (Wildman–Crippen LogP) is 4.96. The fourth-order valence-electron chi connectivity index (χ4n) is 1.80. The standard InChI is InChI=1S/C17H18BrNO2S/c1-12(21-2)11-17(20)19-14-5-9-16(10-6-14)22-15-7-3-13(18)4-8-15/h3-10,12H,11H2,1-2H3,(H,19,20). The minimum atomic E-state index is -0.0766. The number of methoxy groups -OCH3 is 1. The smallest absolute Gasteiger partial charge is 0.226 e. The molecule has 0 fully saturated rings. The first-order valence-corrected chi connectivity index (χ1v) is 8.54. The van der Waals surface area contributed by atoms with Gasteiger partial charge in [0.1, 0.15) is 0 Å². The number of rotatable bonds is 6. The Kier molecular flexibility index (Phi) is 6.49. The van der Waals surface area contributed by atoms with E-state index in [0.29, 0.717) is 6.42 Å². The number of anilines is 1. The lowest BCUT2D eigenvalue weighted by Crippen LogP contribution is -2.18. The van der Waals surface area contributed by atoms with Gasteiger partial charge in [0, 0.05) is 27.1 Å². The highest BCUT2D eigenvalue weighted by molar-refractivity contribution is 9.10. The molecule has 2 aromatic rings. The lowest BCUT2D eigenvalue weighted by molar-refractivity contribution is -0.118. The van der Waals surface area contributed by atoms with Crippen LogP contribution in [0.25, 0.3) is 0 Å². The molecule has 1 N–H and O–H groups in total. The van der Waals surface area contributed by atoms with Gasteiger partial charge < -0.3 is 10.1 Å². The van der Waals surface area contributed by atoms with E-state index >= 15 is 0 Å². The second-order valence-electron chi connectivity index (χ2n) is 4.88. The van der Waals surface area contributed by atoms with Gasteiger partial charge in [0.2, 0.25) is 5.91 Å². The number of nitrogens with one attached hydrogen (secondary N) is 1. The number of amides is 1. The summed E-state index contributed by atoms with van der Waals surface area (Å²) in [4.78, 5) is 14.1. The van der Waals surface area contributed by atoms with Gasteiger partial charge >= 0.3 is 0 Å². The summed E-state index contributed by atoms with van der Waals surface area (Å²) in [5.41, 5.74) is 0.799. The zero-order chi connectivity index (χ0) is 15.9. The number of hydrogen-bond acceptors (Lipinski definition) is 3. The van der Waals surface area contributed by atoms with E-state index in [1.165, 1.54) is 4.90 Å². The van der Waals surface area contributed by atoms with Crippen molar-refractivity contribution in [2.75, 3.05) is 12.4 Å². The Morgan fingerprint density at radius 2 is 1.68 bits per heavy atom. The van der Waals surface area contributed by atoms with Crippen molar-refractivity contribution in [2.45, 2.75) is 29.2 Å². The van der Waals surface area contributed by atoms with Crippen molar-refractivity contribution >= 4 is 39.3 Å². The van der Waals surface area contributed by atoms with Crippen molar-refractivity contribution in [1.29, 1.82) is 0 Å². The molecule has 0 radical (unpaired) electrons. The van der Waals surface area contributed by atoms with Gasteiger partial charge in [-0.2, -0.15) is 0 Å². The Hall–Kier alpha value is -1.30. The Morgan fingerprint density at radius 3 is 2.23 bits per heavy atom. The molecule has 0 aromatic heterocycles. The maximum Gasteiger partial charge on any atom is 0.226 e. The number of benzene rings is 2. The zero-order valence-corrected chi connectivity index (χ0v) is 14.9. The molecule has 0 aliphatic carbocycles. The SMILES string of the molecule is COC(C)CC(=O)Nc1ccc(Sc2ccc(Br)cc2)cc1.